The number of carboxylic acids is 2. The third-order valence-corrected chi connectivity index (χ3v) is 1.81. The van der Waals surface area contributed by atoms with Gasteiger partial charge in [-0.15, -0.1) is 5.10 Å². The molecule has 0 aliphatic rings. The smallest absolute Gasteiger partial charge is 0.355 e. The van der Waals surface area contributed by atoms with Crippen molar-refractivity contribution in [3.05, 3.63) is 11.9 Å². The number of hydrogen-bond donors (Lipinski definition) is 3. The molecule has 1 aromatic rings. The van der Waals surface area contributed by atoms with Crippen molar-refractivity contribution < 1.29 is 19.8 Å². The Morgan fingerprint density at radius 2 is 2.20 bits per heavy atom. The maximum atomic E-state index is 10.6. The summed E-state index contributed by atoms with van der Waals surface area (Å²) in [5.74, 6) is -2.30. The Balaban J connectivity index is 2.61. The van der Waals surface area contributed by atoms with Crippen LogP contribution in [0.2, 0.25) is 0 Å². The summed E-state index contributed by atoms with van der Waals surface area (Å²) >= 11 is 0. The minimum absolute atomic E-state index is 0.0902. The lowest BCUT2D eigenvalue weighted by Gasteiger charge is -2.06. The van der Waals surface area contributed by atoms with Gasteiger partial charge in [0.1, 0.15) is 6.04 Å². The molecule has 0 saturated carbocycles. The summed E-state index contributed by atoms with van der Waals surface area (Å²) in [6, 6.07) is -1.03. The number of rotatable bonds is 5. The van der Waals surface area contributed by atoms with E-state index in [0.29, 0.717) is 0 Å². The average Bonchev–Trinajstić information content (AvgIpc) is 2.61. The lowest BCUT2D eigenvalue weighted by Crippen LogP contribution is -2.31. The van der Waals surface area contributed by atoms with Crippen molar-refractivity contribution >= 4 is 11.9 Å². The van der Waals surface area contributed by atoms with Gasteiger partial charge in [-0.3, -0.25) is 4.79 Å². The maximum absolute atomic E-state index is 10.6. The minimum Gasteiger partial charge on any atom is -0.480 e. The average molecular weight is 214 g/mol. The molecule has 8 heteroatoms. The quantitative estimate of drug-likeness (QED) is 0.559. The first kappa shape index (κ1) is 11.1. The van der Waals surface area contributed by atoms with Gasteiger partial charge in [-0.05, 0) is 6.42 Å². The molecule has 15 heavy (non-hydrogen) atoms. The molecule has 4 N–H and O–H groups in total. The first-order chi connectivity index (χ1) is 7.02. The number of aromatic nitrogens is 3. The van der Waals surface area contributed by atoms with E-state index >= 15 is 0 Å². The van der Waals surface area contributed by atoms with Crippen molar-refractivity contribution in [3.8, 4) is 0 Å². The molecule has 0 fully saturated rings. The summed E-state index contributed by atoms with van der Waals surface area (Å²) in [6.45, 7) is 0.106. The highest BCUT2D eigenvalue weighted by Gasteiger charge is 2.15. The molecule has 82 valence electrons. The van der Waals surface area contributed by atoms with Crippen LogP contribution in [0.1, 0.15) is 16.9 Å². The summed E-state index contributed by atoms with van der Waals surface area (Å²) < 4.78 is 1.10. The fourth-order valence-electron chi connectivity index (χ4n) is 0.973. The number of nitrogens with two attached hydrogens (primary N) is 1. The van der Waals surface area contributed by atoms with Gasteiger partial charge in [0.2, 0.25) is 0 Å². The predicted octanol–water partition coefficient (Wildman–Crippen LogP) is -1.22. The monoisotopic (exact) mass is 214 g/mol. The molecule has 1 aromatic heterocycles. The Bertz CT molecular complexity index is 375. The fourth-order valence-corrected chi connectivity index (χ4v) is 0.973. The van der Waals surface area contributed by atoms with Gasteiger partial charge in [0.15, 0.2) is 5.69 Å². The van der Waals surface area contributed by atoms with Crippen LogP contribution in [0.5, 0.6) is 0 Å². The van der Waals surface area contributed by atoms with E-state index in [4.69, 9.17) is 15.9 Å². The number of carbonyl (C=O) groups is 2. The molecule has 0 aliphatic carbocycles. The van der Waals surface area contributed by atoms with Crippen LogP contribution in [-0.2, 0) is 11.3 Å². The Morgan fingerprint density at radius 3 is 2.73 bits per heavy atom. The summed E-state index contributed by atoms with van der Waals surface area (Å²) in [5, 5.41) is 24.1. The molecule has 0 saturated heterocycles. The van der Waals surface area contributed by atoms with Crippen LogP contribution in [0.3, 0.4) is 0 Å². The number of hydrogen-bond acceptors (Lipinski definition) is 5. The Hall–Kier alpha value is -1.96. The van der Waals surface area contributed by atoms with Crippen LogP contribution in [0, 0.1) is 0 Å². The molecule has 0 radical (unpaired) electrons. The van der Waals surface area contributed by atoms with Gasteiger partial charge in [-0.25, -0.2) is 9.48 Å². The number of aliphatic carboxylic acids is 1. The molecule has 1 atom stereocenters. The lowest BCUT2D eigenvalue weighted by molar-refractivity contribution is -0.138. The zero-order chi connectivity index (χ0) is 11.4. The molecular weight excluding hydrogens is 204 g/mol. The first-order valence-corrected chi connectivity index (χ1v) is 4.12. The van der Waals surface area contributed by atoms with E-state index in [1.807, 2.05) is 0 Å². The van der Waals surface area contributed by atoms with Crippen molar-refractivity contribution in [2.24, 2.45) is 5.73 Å². The number of carboxylic acid groups (broad SMARTS) is 2. The highest BCUT2D eigenvalue weighted by atomic mass is 16.4. The van der Waals surface area contributed by atoms with Gasteiger partial charge in [0.05, 0.1) is 6.20 Å². The van der Waals surface area contributed by atoms with Gasteiger partial charge in [0, 0.05) is 6.54 Å². The SMILES string of the molecule is N[C@@H](CCn1nncc1C(=O)O)C(=O)O. The van der Waals surface area contributed by atoms with Crippen LogP contribution in [0.15, 0.2) is 6.20 Å². The van der Waals surface area contributed by atoms with Gasteiger partial charge in [-0.1, -0.05) is 5.21 Å². The van der Waals surface area contributed by atoms with E-state index in [9.17, 15) is 9.59 Å². The van der Waals surface area contributed by atoms with Gasteiger partial charge < -0.3 is 15.9 Å². The van der Waals surface area contributed by atoms with E-state index in [2.05, 4.69) is 10.3 Å². The van der Waals surface area contributed by atoms with Crippen molar-refractivity contribution in [3.63, 3.8) is 0 Å². The molecular formula is C7H10N4O4. The van der Waals surface area contributed by atoms with Crippen molar-refractivity contribution in [2.45, 2.75) is 19.0 Å². The van der Waals surface area contributed by atoms with Crippen LogP contribution in [0.4, 0.5) is 0 Å². The normalized spacial score (nSPS) is 12.3. The number of aromatic carboxylic acids is 1. The second-order valence-electron chi connectivity index (χ2n) is 2.88. The molecule has 0 unspecified atom stereocenters. The molecule has 0 aliphatic heterocycles. The Morgan fingerprint density at radius 1 is 1.53 bits per heavy atom. The van der Waals surface area contributed by atoms with Gasteiger partial charge >= 0.3 is 11.9 Å². The topological polar surface area (TPSA) is 131 Å². The lowest BCUT2D eigenvalue weighted by atomic mass is 10.2. The standard InChI is InChI=1S/C7H10N4O4/c8-4(6(12)13)1-2-11-5(7(14)15)3-9-10-11/h3-4H,1-2,8H2,(H,12,13)(H,14,15)/t4-/m0/s1. The summed E-state index contributed by atoms with van der Waals surface area (Å²) in [4.78, 5) is 21.0. The van der Waals surface area contributed by atoms with Crippen molar-refractivity contribution in [2.75, 3.05) is 0 Å². The van der Waals surface area contributed by atoms with Crippen LogP contribution in [0.25, 0.3) is 0 Å². The molecule has 1 heterocycles. The largest absolute Gasteiger partial charge is 0.480 e. The summed E-state index contributed by atoms with van der Waals surface area (Å²) in [6.07, 6.45) is 1.19. The van der Waals surface area contributed by atoms with Crippen LogP contribution < -0.4 is 5.73 Å². The highest BCUT2D eigenvalue weighted by molar-refractivity contribution is 5.85. The van der Waals surface area contributed by atoms with E-state index < -0.39 is 18.0 Å². The number of aryl methyl sites for hydroxylation is 1. The highest BCUT2D eigenvalue weighted by Crippen LogP contribution is 1.99. The van der Waals surface area contributed by atoms with Crippen LogP contribution in [-0.4, -0.2) is 43.2 Å². The molecule has 1 rings (SSSR count). The van der Waals surface area contributed by atoms with E-state index in [1.165, 1.54) is 0 Å². The zero-order valence-corrected chi connectivity index (χ0v) is 7.70. The van der Waals surface area contributed by atoms with Gasteiger partial charge in [-0.2, -0.15) is 0 Å². The fraction of sp³-hybridized carbons (Fsp3) is 0.429. The minimum atomic E-state index is -1.16. The van der Waals surface area contributed by atoms with Crippen molar-refractivity contribution in [1.29, 1.82) is 0 Å². The molecule has 0 amide bonds. The maximum Gasteiger partial charge on any atom is 0.355 e. The van der Waals surface area contributed by atoms with E-state index in [0.717, 1.165) is 10.9 Å². The molecule has 0 bridgehead atoms. The zero-order valence-electron chi connectivity index (χ0n) is 7.70. The van der Waals surface area contributed by atoms with Crippen LogP contribution >= 0.6 is 0 Å². The molecule has 0 aromatic carbocycles. The Labute approximate surface area is 84.3 Å². The molecule has 0 spiro atoms. The third kappa shape index (κ3) is 2.74. The van der Waals surface area contributed by atoms with E-state index in [1.54, 1.807) is 0 Å². The predicted molar refractivity (Wildman–Crippen MR) is 47.2 cm³/mol. The summed E-state index contributed by atoms with van der Waals surface area (Å²) in [5.41, 5.74) is 5.16. The second kappa shape index (κ2) is 4.51. The van der Waals surface area contributed by atoms with Crippen molar-refractivity contribution in [1.82, 2.24) is 15.0 Å². The molecule has 8 nitrogen and oxygen atoms in total. The van der Waals surface area contributed by atoms with Gasteiger partial charge in [0.25, 0.3) is 0 Å². The van der Waals surface area contributed by atoms with E-state index in [-0.39, 0.29) is 18.7 Å². The second-order valence-corrected chi connectivity index (χ2v) is 2.88. The Kier molecular flexibility index (Phi) is 3.34. The third-order valence-electron chi connectivity index (χ3n) is 1.81. The number of nitrogens with zero attached hydrogens (tertiary/aromatic N) is 3. The first-order valence-electron chi connectivity index (χ1n) is 4.12. The summed E-state index contributed by atoms with van der Waals surface area (Å²) in [7, 11) is 0.